The number of fused-ring (bicyclic) bond motifs is 1. The zero-order valence-corrected chi connectivity index (χ0v) is 31.9. The molecular formula is C42H59N5O4. The van der Waals surface area contributed by atoms with Gasteiger partial charge in [0.25, 0.3) is 0 Å². The molecule has 9 nitrogen and oxygen atoms in total. The number of carbonyl (C=O) groups is 3. The van der Waals surface area contributed by atoms with E-state index < -0.39 is 6.04 Å². The Morgan fingerprint density at radius 1 is 1.00 bits per heavy atom. The van der Waals surface area contributed by atoms with Crippen molar-refractivity contribution in [1.82, 2.24) is 25.0 Å². The minimum atomic E-state index is -0.569. The Balaban J connectivity index is 0.000000506. The van der Waals surface area contributed by atoms with Crippen LogP contribution in [-0.4, -0.2) is 89.2 Å². The summed E-state index contributed by atoms with van der Waals surface area (Å²) in [5, 5.41) is 13.7. The van der Waals surface area contributed by atoms with Gasteiger partial charge in [-0.15, -0.1) is 6.58 Å². The van der Waals surface area contributed by atoms with E-state index in [9.17, 15) is 14.7 Å². The molecule has 2 atom stereocenters. The summed E-state index contributed by atoms with van der Waals surface area (Å²) in [7, 11) is 4.02. The zero-order valence-electron chi connectivity index (χ0n) is 31.9. The van der Waals surface area contributed by atoms with Crippen LogP contribution in [0, 0.1) is 6.92 Å². The molecule has 1 aliphatic rings. The molecule has 51 heavy (non-hydrogen) atoms. The minimum Gasteiger partial charge on any atom is -0.508 e. The summed E-state index contributed by atoms with van der Waals surface area (Å²) in [5.41, 5.74) is 5.29. The van der Waals surface area contributed by atoms with Crippen LogP contribution in [0.2, 0.25) is 0 Å². The number of aromatic nitrogens is 1. The highest BCUT2D eigenvalue weighted by Crippen LogP contribution is 2.25. The smallest absolute Gasteiger partial charge is 0.246 e. The summed E-state index contributed by atoms with van der Waals surface area (Å²) in [4.78, 5) is 44.1. The molecular weight excluding hydrogens is 638 g/mol. The average molecular weight is 698 g/mol. The van der Waals surface area contributed by atoms with Crippen LogP contribution in [-0.2, 0) is 33.9 Å². The molecule has 0 spiro atoms. The SMILES string of the molecule is C=CCN(C)CC.CC.CC=O.CNCc1ccccc1.Cc1ccc(CN2CC(C)N(C=O)[C@@H](Cc3ccc(O)cc3)C2=O)c2ncccc12. The first-order chi connectivity index (χ1) is 24.6. The first-order valence-electron chi connectivity index (χ1n) is 17.6. The minimum absolute atomic E-state index is 0.0714. The maximum absolute atomic E-state index is 13.4. The Labute approximate surface area is 306 Å². The number of phenols is 1. The number of likely N-dealkylation sites (N-methyl/N-ethyl adjacent to an activating group) is 1. The van der Waals surface area contributed by atoms with Crippen LogP contribution in [0.5, 0.6) is 5.75 Å². The fourth-order valence-electron chi connectivity index (χ4n) is 5.37. The van der Waals surface area contributed by atoms with Crippen molar-refractivity contribution in [1.29, 1.82) is 0 Å². The van der Waals surface area contributed by atoms with Crippen molar-refractivity contribution in [2.24, 2.45) is 0 Å². The highest BCUT2D eigenvalue weighted by molar-refractivity contribution is 5.87. The second kappa shape index (κ2) is 25.1. The normalized spacial score (nSPS) is 14.7. The van der Waals surface area contributed by atoms with Crippen molar-refractivity contribution in [3.8, 4) is 5.75 Å². The summed E-state index contributed by atoms with van der Waals surface area (Å²) in [6.07, 6.45) is 5.61. The van der Waals surface area contributed by atoms with E-state index in [1.54, 1.807) is 35.4 Å². The maximum Gasteiger partial charge on any atom is 0.246 e. The topological polar surface area (TPSA) is 106 Å². The second-order valence-corrected chi connectivity index (χ2v) is 11.8. The number of aldehydes is 1. The van der Waals surface area contributed by atoms with E-state index in [-0.39, 0.29) is 17.7 Å². The Hall–Kier alpha value is -4.86. The third-order valence-electron chi connectivity index (χ3n) is 8.07. The molecule has 2 amide bonds. The van der Waals surface area contributed by atoms with Crippen molar-refractivity contribution >= 4 is 29.5 Å². The number of pyridine rings is 1. The van der Waals surface area contributed by atoms with Gasteiger partial charge in [0, 0.05) is 50.2 Å². The van der Waals surface area contributed by atoms with Crippen molar-refractivity contribution in [3.05, 3.63) is 120 Å². The number of amides is 2. The van der Waals surface area contributed by atoms with Gasteiger partial charge in [-0.2, -0.15) is 0 Å². The number of rotatable bonds is 10. The molecule has 1 fully saturated rings. The van der Waals surface area contributed by atoms with Gasteiger partial charge in [0.05, 0.1) is 5.52 Å². The summed E-state index contributed by atoms with van der Waals surface area (Å²) in [5.74, 6) is 0.104. The van der Waals surface area contributed by atoms with Gasteiger partial charge in [-0.3, -0.25) is 14.6 Å². The largest absolute Gasteiger partial charge is 0.508 e. The number of hydrogen-bond acceptors (Lipinski definition) is 7. The van der Waals surface area contributed by atoms with Crippen LogP contribution in [0.3, 0.4) is 0 Å². The first-order valence-corrected chi connectivity index (χ1v) is 17.6. The number of piperazine rings is 1. The number of nitrogens with one attached hydrogen (secondary N) is 1. The van der Waals surface area contributed by atoms with Crippen LogP contribution < -0.4 is 5.32 Å². The van der Waals surface area contributed by atoms with Crippen molar-refractivity contribution < 1.29 is 19.5 Å². The molecule has 1 aromatic heterocycles. The number of nitrogens with zero attached hydrogens (tertiary/aromatic N) is 4. The lowest BCUT2D eigenvalue weighted by molar-refractivity contribution is -0.150. The van der Waals surface area contributed by atoms with Gasteiger partial charge in [0.15, 0.2) is 0 Å². The number of aromatic hydroxyl groups is 1. The molecule has 3 aromatic carbocycles. The first kappa shape index (κ1) is 44.2. The van der Waals surface area contributed by atoms with Crippen LogP contribution >= 0.6 is 0 Å². The second-order valence-electron chi connectivity index (χ2n) is 11.8. The van der Waals surface area contributed by atoms with E-state index in [2.05, 4.69) is 60.9 Å². The van der Waals surface area contributed by atoms with E-state index in [0.717, 1.165) is 59.9 Å². The van der Waals surface area contributed by atoms with Crippen LogP contribution in [0.25, 0.3) is 10.9 Å². The molecule has 0 aliphatic carbocycles. The predicted molar refractivity (Wildman–Crippen MR) is 211 cm³/mol. The third kappa shape index (κ3) is 14.9. The van der Waals surface area contributed by atoms with E-state index in [0.29, 0.717) is 19.5 Å². The van der Waals surface area contributed by atoms with E-state index in [1.165, 1.54) is 12.5 Å². The molecule has 5 rings (SSSR count). The van der Waals surface area contributed by atoms with Gasteiger partial charge >= 0.3 is 0 Å². The summed E-state index contributed by atoms with van der Waals surface area (Å²) in [6, 6.07) is 24.5. The number of hydrogen-bond donors (Lipinski definition) is 2. The average Bonchev–Trinajstić information content (AvgIpc) is 3.15. The Bertz CT molecular complexity index is 1580. The Morgan fingerprint density at radius 2 is 1.65 bits per heavy atom. The van der Waals surface area contributed by atoms with Crippen molar-refractivity contribution in [2.45, 2.75) is 73.1 Å². The molecule has 9 heteroatoms. The molecule has 4 aromatic rings. The lowest BCUT2D eigenvalue weighted by Gasteiger charge is -2.43. The highest BCUT2D eigenvalue weighted by atomic mass is 16.3. The van der Waals surface area contributed by atoms with Crippen molar-refractivity contribution in [2.75, 3.05) is 33.7 Å². The number of aryl methyl sites for hydroxylation is 1. The van der Waals surface area contributed by atoms with Crippen molar-refractivity contribution in [3.63, 3.8) is 0 Å². The van der Waals surface area contributed by atoms with Gasteiger partial charge in [-0.05, 0) is 81.9 Å². The van der Waals surface area contributed by atoms with Gasteiger partial charge in [-0.1, -0.05) is 87.5 Å². The van der Waals surface area contributed by atoms with Gasteiger partial charge in [0.2, 0.25) is 12.3 Å². The summed E-state index contributed by atoms with van der Waals surface area (Å²) < 4.78 is 0. The molecule has 1 unspecified atom stereocenters. The highest BCUT2D eigenvalue weighted by Gasteiger charge is 2.38. The molecule has 276 valence electrons. The number of carbonyl (C=O) groups excluding carboxylic acids is 3. The molecule has 1 aliphatic heterocycles. The fourth-order valence-corrected chi connectivity index (χ4v) is 5.37. The molecule has 2 N–H and O–H groups in total. The molecule has 2 heterocycles. The molecule has 1 saturated heterocycles. The lowest BCUT2D eigenvalue weighted by Crippen LogP contribution is -2.60. The Kier molecular flexibility index (Phi) is 21.8. The Morgan fingerprint density at radius 3 is 2.20 bits per heavy atom. The zero-order chi connectivity index (χ0) is 38.2. The fraction of sp³-hybridized carbons (Fsp3) is 0.381. The van der Waals surface area contributed by atoms with Crippen LogP contribution in [0.15, 0.2) is 97.7 Å². The van der Waals surface area contributed by atoms with E-state index in [1.807, 2.05) is 75.2 Å². The van der Waals surface area contributed by atoms with Gasteiger partial charge in [-0.25, -0.2) is 0 Å². The van der Waals surface area contributed by atoms with Gasteiger partial charge < -0.3 is 29.9 Å². The maximum atomic E-state index is 13.4. The van der Waals surface area contributed by atoms with E-state index in [4.69, 9.17) is 4.79 Å². The quantitative estimate of drug-likeness (QED) is 0.139. The summed E-state index contributed by atoms with van der Waals surface area (Å²) in [6.45, 7) is 19.2. The predicted octanol–water partition coefficient (Wildman–Crippen LogP) is 6.81. The number of benzene rings is 3. The van der Waals surface area contributed by atoms with Crippen LogP contribution in [0.1, 0.15) is 56.9 Å². The van der Waals surface area contributed by atoms with Crippen LogP contribution in [0.4, 0.5) is 0 Å². The third-order valence-corrected chi connectivity index (χ3v) is 8.07. The van der Waals surface area contributed by atoms with Gasteiger partial charge in [0.1, 0.15) is 18.1 Å². The number of phenolic OH excluding ortho intramolecular Hbond substituents is 1. The monoisotopic (exact) mass is 697 g/mol. The standard InChI is InChI=1S/C24H25N3O3.C8H11N.C6H13N.C2H4O.C2H6/c1-16-5-8-19(23-21(16)4-3-11-25-23)14-26-13-17(2)27(15-28)22(24(26)30)12-18-6-9-20(29)10-7-18;1-9-7-8-5-3-2-4-6-8;1-4-6-7(3)5-2;1-2-3;1-2/h3-11,15,17,22,29H,12-14H2,1-2H3;2-6,9H,7H2,1H3;4H,1,5-6H2,2-3H3;2H,1H3;1-2H3/t17?,22-;;;;/m0..../s1. The lowest BCUT2D eigenvalue weighted by atomic mass is 9.98. The van der Waals surface area contributed by atoms with E-state index >= 15 is 0 Å². The summed E-state index contributed by atoms with van der Waals surface area (Å²) >= 11 is 0. The molecule has 0 saturated carbocycles. The molecule has 0 bridgehead atoms. The molecule has 0 radical (unpaired) electrons.